The molecule has 0 unspecified atom stereocenters. The van der Waals surface area contributed by atoms with Crippen LogP contribution in [0.1, 0.15) is 30.6 Å². The highest BCUT2D eigenvalue weighted by molar-refractivity contribution is 6.04. The van der Waals surface area contributed by atoms with Crippen molar-refractivity contribution in [2.75, 3.05) is 36.4 Å². The Labute approximate surface area is 196 Å². The third-order valence-electron chi connectivity index (χ3n) is 5.96. The van der Waals surface area contributed by atoms with Gasteiger partial charge in [0.2, 0.25) is 5.91 Å². The monoisotopic (exact) mass is 441 g/mol. The lowest BCUT2D eigenvalue weighted by molar-refractivity contribution is -0.132. The van der Waals surface area contributed by atoms with Crippen molar-refractivity contribution >= 4 is 23.2 Å². The first-order valence-corrected chi connectivity index (χ1v) is 11.6. The van der Waals surface area contributed by atoms with Gasteiger partial charge in [-0.25, -0.2) is 0 Å². The molecule has 3 aromatic carbocycles. The lowest BCUT2D eigenvalue weighted by Gasteiger charge is -2.36. The molecular weight excluding hydrogens is 410 g/mol. The Bertz CT molecular complexity index is 1070. The molecule has 5 heteroatoms. The van der Waals surface area contributed by atoms with Gasteiger partial charge in [0.1, 0.15) is 0 Å². The zero-order valence-corrected chi connectivity index (χ0v) is 19.3. The zero-order chi connectivity index (χ0) is 23.2. The smallest absolute Gasteiger partial charge is 0.255 e. The lowest BCUT2D eigenvalue weighted by Crippen LogP contribution is -2.49. The van der Waals surface area contributed by atoms with Gasteiger partial charge in [0, 0.05) is 49.5 Å². The molecule has 5 nitrogen and oxygen atoms in total. The summed E-state index contributed by atoms with van der Waals surface area (Å²) in [6, 6.07) is 25.7. The van der Waals surface area contributed by atoms with Crippen LogP contribution in [0.2, 0.25) is 0 Å². The molecule has 33 heavy (non-hydrogen) atoms. The van der Waals surface area contributed by atoms with Gasteiger partial charge in [-0.1, -0.05) is 56.3 Å². The van der Waals surface area contributed by atoms with E-state index in [1.54, 1.807) is 0 Å². The van der Waals surface area contributed by atoms with Gasteiger partial charge in [-0.05, 0) is 53.4 Å². The van der Waals surface area contributed by atoms with Gasteiger partial charge in [0.15, 0.2) is 0 Å². The Kier molecular flexibility index (Phi) is 7.08. The third kappa shape index (κ3) is 5.80. The molecule has 2 amide bonds. The quantitative estimate of drug-likeness (QED) is 0.565. The molecule has 0 aliphatic carbocycles. The van der Waals surface area contributed by atoms with Gasteiger partial charge in [0.05, 0.1) is 0 Å². The van der Waals surface area contributed by atoms with E-state index in [0.717, 1.165) is 48.7 Å². The van der Waals surface area contributed by atoms with Crippen molar-refractivity contribution in [3.05, 3.63) is 84.4 Å². The molecule has 1 saturated heterocycles. The molecule has 1 N–H and O–H groups in total. The maximum Gasteiger partial charge on any atom is 0.255 e. The Morgan fingerprint density at radius 1 is 0.788 bits per heavy atom. The number of nitrogens with one attached hydrogen (secondary N) is 1. The molecule has 0 bridgehead atoms. The van der Waals surface area contributed by atoms with Crippen LogP contribution >= 0.6 is 0 Å². The minimum absolute atomic E-state index is 0.125. The van der Waals surface area contributed by atoms with E-state index in [1.807, 2.05) is 71.6 Å². The van der Waals surface area contributed by atoms with Crippen LogP contribution in [0.3, 0.4) is 0 Å². The SMILES string of the molecule is CC(C)CC(=O)N1CCN(c2ccc(NC(=O)c3ccc(-c4ccccc4)cc3)cc2)CC1. The van der Waals surface area contributed by atoms with E-state index < -0.39 is 0 Å². The highest BCUT2D eigenvalue weighted by Gasteiger charge is 2.21. The summed E-state index contributed by atoms with van der Waals surface area (Å²) >= 11 is 0. The van der Waals surface area contributed by atoms with E-state index >= 15 is 0 Å². The molecule has 0 radical (unpaired) electrons. The number of nitrogens with zero attached hydrogens (tertiary/aromatic N) is 2. The van der Waals surface area contributed by atoms with E-state index in [1.165, 1.54) is 0 Å². The van der Waals surface area contributed by atoms with E-state index in [0.29, 0.717) is 17.9 Å². The lowest BCUT2D eigenvalue weighted by atomic mass is 10.0. The van der Waals surface area contributed by atoms with E-state index in [2.05, 4.69) is 36.2 Å². The second kappa shape index (κ2) is 10.3. The van der Waals surface area contributed by atoms with Gasteiger partial charge < -0.3 is 15.1 Å². The molecule has 1 heterocycles. The van der Waals surface area contributed by atoms with E-state index in [4.69, 9.17) is 0 Å². The summed E-state index contributed by atoms with van der Waals surface area (Å²) in [6.07, 6.45) is 0.614. The minimum atomic E-state index is -0.125. The molecule has 0 saturated carbocycles. The first kappa shape index (κ1) is 22.6. The predicted octanol–water partition coefficient (Wildman–Crippen LogP) is 5.30. The number of anilines is 2. The van der Waals surface area contributed by atoms with Crippen LogP contribution in [0.4, 0.5) is 11.4 Å². The summed E-state index contributed by atoms with van der Waals surface area (Å²) in [5, 5.41) is 2.98. The van der Waals surface area contributed by atoms with Gasteiger partial charge in [-0.2, -0.15) is 0 Å². The summed E-state index contributed by atoms with van der Waals surface area (Å²) in [7, 11) is 0. The molecular formula is C28H31N3O2. The van der Waals surface area contributed by atoms with Gasteiger partial charge in [0.25, 0.3) is 5.91 Å². The van der Waals surface area contributed by atoms with Crippen LogP contribution in [0.25, 0.3) is 11.1 Å². The van der Waals surface area contributed by atoms with Crippen LogP contribution in [-0.2, 0) is 4.79 Å². The summed E-state index contributed by atoms with van der Waals surface area (Å²) in [5.41, 5.74) is 4.71. The summed E-state index contributed by atoms with van der Waals surface area (Å²) in [6.45, 7) is 7.31. The predicted molar refractivity (Wildman–Crippen MR) is 135 cm³/mol. The number of benzene rings is 3. The van der Waals surface area contributed by atoms with Crippen molar-refractivity contribution in [2.24, 2.45) is 5.92 Å². The first-order valence-electron chi connectivity index (χ1n) is 11.6. The number of carbonyl (C=O) groups is 2. The molecule has 0 spiro atoms. The number of hydrogen-bond donors (Lipinski definition) is 1. The van der Waals surface area contributed by atoms with Crippen molar-refractivity contribution < 1.29 is 9.59 Å². The van der Waals surface area contributed by atoms with Crippen molar-refractivity contribution in [1.29, 1.82) is 0 Å². The molecule has 0 atom stereocenters. The van der Waals surface area contributed by atoms with E-state index in [-0.39, 0.29) is 11.8 Å². The minimum Gasteiger partial charge on any atom is -0.368 e. The number of carbonyl (C=O) groups excluding carboxylic acids is 2. The fraction of sp³-hybridized carbons (Fsp3) is 0.286. The van der Waals surface area contributed by atoms with Gasteiger partial charge in [-0.3, -0.25) is 9.59 Å². The molecule has 3 aromatic rings. The number of hydrogen-bond acceptors (Lipinski definition) is 3. The normalized spacial score (nSPS) is 13.8. The van der Waals surface area contributed by atoms with Crippen LogP contribution < -0.4 is 10.2 Å². The standard InChI is InChI=1S/C28H31N3O2/c1-21(2)20-27(32)31-18-16-30(17-19-31)26-14-12-25(13-15-26)29-28(33)24-10-8-23(9-11-24)22-6-4-3-5-7-22/h3-15,21H,16-20H2,1-2H3,(H,29,33). The molecule has 1 fully saturated rings. The zero-order valence-electron chi connectivity index (χ0n) is 19.3. The van der Waals surface area contributed by atoms with Gasteiger partial charge in [-0.15, -0.1) is 0 Å². The summed E-state index contributed by atoms with van der Waals surface area (Å²) < 4.78 is 0. The van der Waals surface area contributed by atoms with Crippen LogP contribution in [0, 0.1) is 5.92 Å². The fourth-order valence-corrected chi connectivity index (χ4v) is 4.10. The van der Waals surface area contributed by atoms with Crippen LogP contribution in [0.5, 0.6) is 0 Å². The third-order valence-corrected chi connectivity index (χ3v) is 5.96. The van der Waals surface area contributed by atoms with Crippen molar-refractivity contribution in [3.8, 4) is 11.1 Å². The fourth-order valence-electron chi connectivity index (χ4n) is 4.10. The second-order valence-electron chi connectivity index (χ2n) is 8.91. The largest absolute Gasteiger partial charge is 0.368 e. The van der Waals surface area contributed by atoms with Crippen molar-refractivity contribution in [2.45, 2.75) is 20.3 Å². The Morgan fingerprint density at radius 2 is 1.39 bits per heavy atom. The van der Waals surface area contributed by atoms with Crippen LogP contribution in [0.15, 0.2) is 78.9 Å². The maximum absolute atomic E-state index is 12.7. The molecule has 1 aliphatic rings. The summed E-state index contributed by atoms with van der Waals surface area (Å²) in [4.78, 5) is 29.2. The summed E-state index contributed by atoms with van der Waals surface area (Å²) in [5.74, 6) is 0.513. The number of piperazine rings is 1. The Balaban J connectivity index is 1.31. The number of rotatable bonds is 6. The van der Waals surface area contributed by atoms with Gasteiger partial charge >= 0.3 is 0 Å². The molecule has 4 rings (SSSR count). The molecule has 0 aromatic heterocycles. The average molecular weight is 442 g/mol. The first-order chi connectivity index (χ1) is 16.0. The molecule has 170 valence electrons. The van der Waals surface area contributed by atoms with Crippen LogP contribution in [-0.4, -0.2) is 42.9 Å². The highest BCUT2D eigenvalue weighted by Crippen LogP contribution is 2.22. The van der Waals surface area contributed by atoms with Crippen molar-refractivity contribution in [3.63, 3.8) is 0 Å². The Hall–Kier alpha value is -3.60. The highest BCUT2D eigenvalue weighted by atomic mass is 16.2. The van der Waals surface area contributed by atoms with E-state index in [9.17, 15) is 9.59 Å². The number of amides is 2. The average Bonchev–Trinajstić information content (AvgIpc) is 2.85. The topological polar surface area (TPSA) is 52.7 Å². The Morgan fingerprint density at radius 3 is 2.00 bits per heavy atom. The molecule has 1 aliphatic heterocycles. The second-order valence-corrected chi connectivity index (χ2v) is 8.91. The maximum atomic E-state index is 12.7. The van der Waals surface area contributed by atoms with Crippen molar-refractivity contribution in [1.82, 2.24) is 4.90 Å².